The van der Waals surface area contributed by atoms with Crippen molar-refractivity contribution in [2.24, 2.45) is 0 Å². The molecule has 0 aliphatic carbocycles. The molecule has 0 saturated carbocycles. The molecule has 0 bridgehead atoms. The molecule has 14 heteroatoms. The molecule has 0 aromatic rings. The lowest BCUT2D eigenvalue weighted by Gasteiger charge is -2.46. The Morgan fingerprint density at radius 2 is 0.660 bits per heavy atom. The monoisotopic (exact) mass is 1490 g/mol. The second-order valence-electron chi connectivity index (χ2n) is 30.3. The average Bonchev–Trinajstić information content (AvgIpc) is 0.789. The molecule has 1 amide bonds. The van der Waals surface area contributed by atoms with Gasteiger partial charge in [-0.05, 0) is 96.3 Å². The van der Waals surface area contributed by atoms with E-state index >= 15 is 0 Å². The molecule has 9 N–H and O–H groups in total. The van der Waals surface area contributed by atoms with Crippen LogP contribution in [0.1, 0.15) is 361 Å². The molecule has 0 aromatic carbocycles. The van der Waals surface area contributed by atoms with Crippen LogP contribution in [0.5, 0.6) is 0 Å². The Morgan fingerprint density at radius 1 is 0.349 bits per heavy atom. The second-order valence-corrected chi connectivity index (χ2v) is 30.3. The third-order valence-electron chi connectivity index (χ3n) is 20.6. The SMILES string of the molecule is CC/C=C\C/C=C\C/C=C\C/C=C\C/C=C\C/C=C\C/C=C\C/C=C\CCCCCCCCCCCCCCCCC(=O)NC(COC1OC(CO)C(OC2OC(CO)C(O)C(O)C2O)C(O)C1O)C(O)/C=C/CC/C=C/CCCCCCCCCCCCCCCCCCCCCCCCCCCCC. The number of carbonyl (C=O) groups excluding carboxylic acids is 1. The van der Waals surface area contributed by atoms with Crippen molar-refractivity contribution in [3.05, 3.63) is 122 Å². The van der Waals surface area contributed by atoms with Crippen molar-refractivity contribution in [1.82, 2.24) is 5.32 Å². The molecule has 2 saturated heterocycles. The van der Waals surface area contributed by atoms with Gasteiger partial charge in [0.05, 0.1) is 32.0 Å². The molecule has 106 heavy (non-hydrogen) atoms. The minimum absolute atomic E-state index is 0.249. The van der Waals surface area contributed by atoms with Crippen LogP contribution in [0.25, 0.3) is 0 Å². The molecule has 2 heterocycles. The van der Waals surface area contributed by atoms with Gasteiger partial charge in [-0.1, -0.05) is 379 Å². The summed E-state index contributed by atoms with van der Waals surface area (Å²) >= 11 is 0. The lowest BCUT2D eigenvalue weighted by molar-refractivity contribution is -0.359. The van der Waals surface area contributed by atoms with E-state index < -0.39 is 86.8 Å². The molecule has 612 valence electrons. The summed E-state index contributed by atoms with van der Waals surface area (Å²) in [7, 11) is 0. The number of carbonyl (C=O) groups is 1. The van der Waals surface area contributed by atoms with Crippen LogP contribution >= 0.6 is 0 Å². The second kappa shape index (κ2) is 74.2. The van der Waals surface area contributed by atoms with Crippen LogP contribution in [0.3, 0.4) is 0 Å². The van der Waals surface area contributed by atoms with Gasteiger partial charge < -0.3 is 65.1 Å². The van der Waals surface area contributed by atoms with E-state index in [1.807, 2.05) is 6.08 Å². The first kappa shape index (κ1) is 98.5. The molecule has 2 aliphatic heterocycles. The predicted molar refractivity (Wildman–Crippen MR) is 442 cm³/mol. The van der Waals surface area contributed by atoms with Gasteiger partial charge in [0.25, 0.3) is 0 Å². The Hall–Kier alpha value is -3.61. The fourth-order valence-corrected chi connectivity index (χ4v) is 13.8. The first-order chi connectivity index (χ1) is 52.1. The van der Waals surface area contributed by atoms with Gasteiger partial charge in [-0.15, -0.1) is 0 Å². The smallest absolute Gasteiger partial charge is 0.220 e. The molecule has 2 aliphatic rings. The summed E-state index contributed by atoms with van der Waals surface area (Å²) in [4.78, 5) is 13.4. The highest BCUT2D eigenvalue weighted by atomic mass is 16.7. The van der Waals surface area contributed by atoms with Gasteiger partial charge in [-0.3, -0.25) is 4.79 Å². The van der Waals surface area contributed by atoms with Gasteiger partial charge in [-0.25, -0.2) is 0 Å². The standard InChI is InChI=1S/C92H161NO13/c1-3-5-7-9-11-13-15-17-19-21-23-25-27-29-31-33-35-37-38-39-40-41-42-44-46-48-50-52-54-56-58-60-62-64-66-68-70-72-74-76-84(97)93-80(79-103-91-89(102)87(100)90(83(78-95)105-91)106-92-88(101)86(99)85(98)82(77-94)104-92)81(96)75-73-71-69-67-65-63-61-59-57-55-53-51-49-47-45-43-36-34-32-30-28-26-24-22-20-18-16-14-12-10-8-6-4-2/h5,7,11,13,17,19,23,25,29,31,35,37,39-40,42,44,65,67,73,75,80-83,85-92,94-96,98-102H,3-4,6,8-10,12,14-16,18,20-22,24,26-28,30,32-34,36,38,41,43,45-64,66,68-72,74,76-79H2,1-2H3,(H,93,97)/b7-5-,13-11-,19-17-,25-23-,31-29-,37-35-,40-39-,44-42-,67-65+,75-73+. The topological polar surface area (TPSA) is 228 Å². The van der Waals surface area contributed by atoms with Gasteiger partial charge in [0.2, 0.25) is 5.91 Å². The minimum Gasteiger partial charge on any atom is -0.394 e. The number of ether oxygens (including phenoxy) is 4. The third-order valence-corrected chi connectivity index (χ3v) is 20.6. The Kier molecular flexibility index (Phi) is 68.9. The van der Waals surface area contributed by atoms with E-state index in [0.29, 0.717) is 12.8 Å². The van der Waals surface area contributed by atoms with Crippen molar-refractivity contribution in [3.63, 3.8) is 0 Å². The lowest BCUT2D eigenvalue weighted by atomic mass is 9.97. The van der Waals surface area contributed by atoms with Crippen molar-refractivity contribution in [3.8, 4) is 0 Å². The van der Waals surface area contributed by atoms with E-state index in [9.17, 15) is 45.6 Å². The van der Waals surface area contributed by atoms with Crippen LogP contribution in [-0.4, -0.2) is 140 Å². The number of aliphatic hydroxyl groups is 8. The molecular weight excluding hydrogens is 1330 g/mol. The summed E-state index contributed by atoms with van der Waals surface area (Å²) in [6.07, 6.45) is 93.0. The fraction of sp³-hybridized carbons (Fsp3) is 0.772. The van der Waals surface area contributed by atoms with Gasteiger partial charge in [-0.2, -0.15) is 0 Å². The number of hydrogen-bond acceptors (Lipinski definition) is 13. The van der Waals surface area contributed by atoms with Gasteiger partial charge in [0.15, 0.2) is 12.6 Å². The first-order valence-corrected chi connectivity index (χ1v) is 43.8. The summed E-state index contributed by atoms with van der Waals surface area (Å²) in [6, 6.07) is -0.941. The zero-order chi connectivity index (χ0) is 76.5. The number of hydrogen-bond donors (Lipinski definition) is 9. The highest BCUT2D eigenvalue weighted by Crippen LogP contribution is 2.30. The molecule has 0 aromatic heterocycles. The zero-order valence-electron chi connectivity index (χ0n) is 67.4. The molecule has 14 nitrogen and oxygen atoms in total. The van der Waals surface area contributed by atoms with E-state index in [0.717, 1.165) is 89.9 Å². The number of aliphatic hydroxyl groups excluding tert-OH is 8. The van der Waals surface area contributed by atoms with Gasteiger partial charge in [0.1, 0.15) is 48.8 Å². The van der Waals surface area contributed by atoms with E-state index in [2.05, 4.69) is 129 Å². The maximum Gasteiger partial charge on any atom is 0.220 e. The average molecular weight is 1490 g/mol. The number of unbranched alkanes of at least 4 members (excludes halogenated alkanes) is 42. The van der Waals surface area contributed by atoms with Crippen molar-refractivity contribution < 1.29 is 64.6 Å². The first-order valence-electron chi connectivity index (χ1n) is 43.8. The Bertz CT molecular complexity index is 2260. The predicted octanol–water partition coefficient (Wildman–Crippen LogP) is 21.1. The zero-order valence-corrected chi connectivity index (χ0v) is 67.4. The maximum absolute atomic E-state index is 13.4. The number of rotatable bonds is 73. The Labute approximate surface area is 648 Å². The highest BCUT2D eigenvalue weighted by molar-refractivity contribution is 5.76. The maximum atomic E-state index is 13.4. The van der Waals surface area contributed by atoms with Crippen molar-refractivity contribution in [2.45, 2.75) is 434 Å². The summed E-state index contributed by atoms with van der Waals surface area (Å²) in [5.41, 5.74) is 0. The van der Waals surface area contributed by atoms with E-state index in [1.165, 1.54) is 238 Å². The minimum atomic E-state index is -1.80. The molecule has 0 radical (unpaired) electrons. The van der Waals surface area contributed by atoms with Gasteiger partial charge >= 0.3 is 0 Å². The fourth-order valence-electron chi connectivity index (χ4n) is 13.8. The third kappa shape index (κ3) is 55.7. The molecule has 12 unspecified atom stereocenters. The van der Waals surface area contributed by atoms with E-state index in [1.54, 1.807) is 6.08 Å². The van der Waals surface area contributed by atoms with Crippen LogP contribution in [0.4, 0.5) is 0 Å². The summed E-state index contributed by atoms with van der Waals surface area (Å²) in [6.45, 7) is 2.71. The molecule has 2 fully saturated rings. The number of amides is 1. The van der Waals surface area contributed by atoms with Gasteiger partial charge in [0, 0.05) is 6.42 Å². The molecular formula is C92H161NO13. The Morgan fingerprint density at radius 3 is 1.04 bits per heavy atom. The Balaban J connectivity index is 1.60. The van der Waals surface area contributed by atoms with Crippen molar-refractivity contribution in [1.29, 1.82) is 0 Å². The summed E-state index contributed by atoms with van der Waals surface area (Å²) in [5, 5.41) is 87.8. The van der Waals surface area contributed by atoms with E-state index in [-0.39, 0.29) is 18.9 Å². The van der Waals surface area contributed by atoms with Crippen molar-refractivity contribution >= 4 is 5.91 Å². The van der Waals surface area contributed by atoms with Crippen LogP contribution < -0.4 is 5.32 Å². The lowest BCUT2D eigenvalue weighted by Crippen LogP contribution is -2.65. The summed E-state index contributed by atoms with van der Waals surface area (Å²) in [5.74, 6) is -0.249. The van der Waals surface area contributed by atoms with Crippen LogP contribution in [0, 0.1) is 0 Å². The van der Waals surface area contributed by atoms with E-state index in [4.69, 9.17) is 18.9 Å². The van der Waals surface area contributed by atoms with Crippen LogP contribution in [0.2, 0.25) is 0 Å². The number of nitrogens with one attached hydrogen (secondary N) is 1. The molecule has 2 rings (SSSR count). The van der Waals surface area contributed by atoms with Crippen LogP contribution in [-0.2, 0) is 23.7 Å². The highest BCUT2D eigenvalue weighted by Gasteiger charge is 2.51. The largest absolute Gasteiger partial charge is 0.394 e. The molecule has 0 spiro atoms. The van der Waals surface area contributed by atoms with Crippen molar-refractivity contribution in [2.75, 3.05) is 19.8 Å². The van der Waals surface area contributed by atoms with Crippen LogP contribution in [0.15, 0.2) is 122 Å². The number of allylic oxidation sites excluding steroid dienone is 19. The normalized spacial score (nSPS) is 21.9. The molecule has 12 atom stereocenters. The quantitative estimate of drug-likeness (QED) is 0.0204. The summed E-state index contributed by atoms with van der Waals surface area (Å²) < 4.78 is 22.9.